The normalized spacial score (nSPS) is 12.7. The number of nitrogens with zero attached hydrogens (tertiary/aromatic N) is 1. The average molecular weight is 515 g/mol. The summed E-state index contributed by atoms with van der Waals surface area (Å²) in [5.74, 6) is -0.264. The lowest BCUT2D eigenvalue weighted by Gasteiger charge is -2.17. The molecule has 1 heterocycles. The number of rotatable bonds is 13. The zero-order valence-electron chi connectivity index (χ0n) is 19.4. The molecule has 35 heavy (non-hydrogen) atoms. The minimum Gasteiger partial charge on any atom is -0.480 e. The number of nitrogens with one attached hydrogen (secondary N) is 2. The van der Waals surface area contributed by atoms with E-state index in [0.717, 1.165) is 16.3 Å². The van der Waals surface area contributed by atoms with Gasteiger partial charge in [0, 0.05) is 23.9 Å². The maximum absolute atomic E-state index is 12.5. The largest absolute Gasteiger partial charge is 0.480 e. The van der Waals surface area contributed by atoms with Crippen LogP contribution in [0.2, 0.25) is 0 Å². The van der Waals surface area contributed by atoms with E-state index in [0.29, 0.717) is 35.9 Å². The Morgan fingerprint density at radius 2 is 1.94 bits per heavy atom. The van der Waals surface area contributed by atoms with Crippen LogP contribution in [0.15, 0.2) is 54.6 Å². The highest BCUT2D eigenvalue weighted by molar-refractivity contribution is 7.98. The van der Waals surface area contributed by atoms with Crippen molar-refractivity contribution in [2.24, 2.45) is 5.73 Å². The molecule has 0 aliphatic carbocycles. The van der Waals surface area contributed by atoms with Crippen LogP contribution >= 0.6 is 24.4 Å². The second-order valence-corrected chi connectivity index (χ2v) is 9.28. The van der Waals surface area contributed by atoms with E-state index in [4.69, 9.17) is 10.5 Å². The SMILES string of the molecule is CSCC[C@H](NC(=O)COc1nc(-c2cccc3ccccc23)ccc1NCC(N)CS)C(=O)O. The summed E-state index contributed by atoms with van der Waals surface area (Å²) in [4.78, 5) is 28.6. The van der Waals surface area contributed by atoms with Crippen LogP contribution in [0.25, 0.3) is 22.0 Å². The van der Waals surface area contributed by atoms with Crippen molar-refractivity contribution in [2.75, 3.05) is 36.2 Å². The fraction of sp³-hybridized carbons (Fsp3) is 0.320. The number of ether oxygens (including phenoxy) is 1. The predicted octanol–water partition coefficient (Wildman–Crippen LogP) is 3.27. The van der Waals surface area contributed by atoms with Crippen LogP contribution in [0.4, 0.5) is 5.69 Å². The zero-order chi connectivity index (χ0) is 25.2. The van der Waals surface area contributed by atoms with Crippen LogP contribution in [0.3, 0.4) is 0 Å². The monoisotopic (exact) mass is 514 g/mol. The summed E-state index contributed by atoms with van der Waals surface area (Å²) >= 11 is 5.73. The number of nitrogens with two attached hydrogens (primary N) is 1. The van der Waals surface area contributed by atoms with Gasteiger partial charge in [0.15, 0.2) is 6.61 Å². The topological polar surface area (TPSA) is 127 Å². The number of fused-ring (bicyclic) bond motifs is 1. The second kappa shape index (κ2) is 13.2. The Kier molecular flexibility index (Phi) is 10.1. The van der Waals surface area contributed by atoms with Crippen molar-refractivity contribution in [3.63, 3.8) is 0 Å². The number of aromatic nitrogens is 1. The van der Waals surface area contributed by atoms with Crippen molar-refractivity contribution in [3.05, 3.63) is 54.6 Å². The van der Waals surface area contributed by atoms with E-state index in [1.54, 1.807) is 0 Å². The Morgan fingerprint density at radius 1 is 1.17 bits per heavy atom. The fourth-order valence-corrected chi connectivity index (χ4v) is 4.05. The third kappa shape index (κ3) is 7.51. The molecule has 10 heteroatoms. The highest BCUT2D eigenvalue weighted by atomic mass is 32.2. The molecule has 1 aromatic heterocycles. The molecule has 0 fully saturated rings. The van der Waals surface area contributed by atoms with E-state index in [9.17, 15) is 14.7 Å². The third-order valence-corrected chi connectivity index (χ3v) is 6.41. The summed E-state index contributed by atoms with van der Waals surface area (Å²) in [6.07, 6.45) is 2.21. The first kappa shape index (κ1) is 26.7. The van der Waals surface area contributed by atoms with E-state index in [1.807, 2.05) is 60.9 Å². The number of amides is 1. The van der Waals surface area contributed by atoms with Crippen molar-refractivity contribution in [1.82, 2.24) is 10.3 Å². The molecule has 8 nitrogen and oxygen atoms in total. The number of anilines is 1. The number of hydrogen-bond acceptors (Lipinski definition) is 8. The number of carbonyl (C=O) groups excluding carboxylic acids is 1. The van der Waals surface area contributed by atoms with Gasteiger partial charge < -0.3 is 26.2 Å². The molecular formula is C25H30N4O4S2. The van der Waals surface area contributed by atoms with Gasteiger partial charge in [-0.15, -0.1) is 0 Å². The van der Waals surface area contributed by atoms with E-state index in [1.165, 1.54) is 11.8 Å². The molecular weight excluding hydrogens is 484 g/mol. The molecule has 0 spiro atoms. The highest BCUT2D eigenvalue weighted by Gasteiger charge is 2.20. The molecule has 3 rings (SSSR count). The summed E-state index contributed by atoms with van der Waals surface area (Å²) in [5.41, 5.74) is 8.17. The Hall–Kier alpha value is -2.95. The number of carboxylic acid groups (broad SMARTS) is 1. The lowest BCUT2D eigenvalue weighted by atomic mass is 10.0. The molecule has 3 aromatic rings. The summed E-state index contributed by atoms with van der Waals surface area (Å²) in [6.45, 7) is 0.0689. The summed E-state index contributed by atoms with van der Waals surface area (Å²) in [7, 11) is 0. The van der Waals surface area contributed by atoms with Crippen LogP contribution in [0, 0.1) is 0 Å². The van der Waals surface area contributed by atoms with E-state index in [2.05, 4.69) is 28.2 Å². The molecule has 186 valence electrons. The molecule has 0 radical (unpaired) electrons. The van der Waals surface area contributed by atoms with Gasteiger partial charge >= 0.3 is 5.97 Å². The van der Waals surface area contributed by atoms with Crippen molar-refractivity contribution in [1.29, 1.82) is 0 Å². The fourth-order valence-electron chi connectivity index (χ4n) is 3.45. The van der Waals surface area contributed by atoms with Crippen LogP contribution in [0.1, 0.15) is 6.42 Å². The van der Waals surface area contributed by atoms with Crippen molar-refractivity contribution >= 4 is 52.7 Å². The smallest absolute Gasteiger partial charge is 0.326 e. The average Bonchev–Trinajstić information content (AvgIpc) is 2.88. The van der Waals surface area contributed by atoms with E-state index >= 15 is 0 Å². The Morgan fingerprint density at radius 3 is 2.69 bits per heavy atom. The van der Waals surface area contributed by atoms with E-state index in [-0.39, 0.29) is 18.5 Å². The van der Waals surface area contributed by atoms with Gasteiger partial charge in [0.25, 0.3) is 5.91 Å². The van der Waals surface area contributed by atoms with Gasteiger partial charge in [0.1, 0.15) is 6.04 Å². The molecule has 1 amide bonds. The Balaban J connectivity index is 1.84. The van der Waals surface area contributed by atoms with Gasteiger partial charge in [-0.25, -0.2) is 9.78 Å². The van der Waals surface area contributed by atoms with Crippen molar-refractivity contribution in [2.45, 2.75) is 18.5 Å². The number of thiol groups is 1. The minimum absolute atomic E-state index is 0.181. The van der Waals surface area contributed by atoms with Gasteiger partial charge in [-0.3, -0.25) is 4.79 Å². The van der Waals surface area contributed by atoms with Gasteiger partial charge in [0.2, 0.25) is 5.88 Å². The highest BCUT2D eigenvalue weighted by Crippen LogP contribution is 2.31. The Labute approximate surface area is 214 Å². The molecule has 0 aliphatic heterocycles. The lowest BCUT2D eigenvalue weighted by Crippen LogP contribution is -2.43. The standard InChI is InChI=1S/C25H30N4O4S2/c1-35-12-11-22(25(31)32)28-23(30)14-33-24-21(27-13-17(26)15-34)10-9-20(29-24)19-8-4-6-16-5-2-3-7-18(16)19/h2-10,17,22,27,34H,11-15,26H2,1H3,(H,28,30)(H,31,32)/t17?,22-/m0/s1. The maximum atomic E-state index is 12.5. The Bertz CT molecular complexity index is 1160. The number of hydrogen-bond donors (Lipinski definition) is 5. The van der Waals surface area contributed by atoms with Gasteiger partial charge in [0.05, 0.1) is 11.4 Å². The summed E-state index contributed by atoms with van der Waals surface area (Å²) in [6, 6.07) is 16.6. The molecule has 5 N–H and O–H groups in total. The number of carboxylic acids is 1. The number of pyridine rings is 1. The van der Waals surface area contributed by atoms with Crippen LogP contribution in [-0.4, -0.2) is 65.0 Å². The van der Waals surface area contributed by atoms with Crippen LogP contribution < -0.4 is 21.1 Å². The van der Waals surface area contributed by atoms with Crippen molar-refractivity contribution < 1.29 is 19.4 Å². The quantitative estimate of drug-likeness (QED) is 0.220. The molecule has 0 aliphatic rings. The van der Waals surface area contributed by atoms with E-state index < -0.39 is 17.9 Å². The molecule has 0 bridgehead atoms. The zero-order valence-corrected chi connectivity index (χ0v) is 21.1. The number of thioether (sulfide) groups is 1. The number of benzene rings is 2. The summed E-state index contributed by atoms with van der Waals surface area (Å²) in [5, 5.41) is 17.2. The first-order valence-electron chi connectivity index (χ1n) is 11.2. The van der Waals surface area contributed by atoms with Gasteiger partial charge in [-0.1, -0.05) is 42.5 Å². The summed E-state index contributed by atoms with van der Waals surface area (Å²) < 4.78 is 5.78. The number of aliphatic carboxylic acids is 1. The van der Waals surface area contributed by atoms with Gasteiger partial charge in [-0.05, 0) is 41.3 Å². The minimum atomic E-state index is -1.08. The molecule has 2 atom stereocenters. The maximum Gasteiger partial charge on any atom is 0.326 e. The first-order chi connectivity index (χ1) is 16.9. The van der Waals surface area contributed by atoms with Crippen LogP contribution in [-0.2, 0) is 9.59 Å². The molecule has 0 saturated carbocycles. The second-order valence-electron chi connectivity index (χ2n) is 7.93. The molecule has 1 unspecified atom stereocenters. The third-order valence-electron chi connectivity index (χ3n) is 5.30. The molecule has 0 saturated heterocycles. The number of carbonyl (C=O) groups is 2. The van der Waals surface area contributed by atoms with Gasteiger partial charge in [-0.2, -0.15) is 24.4 Å². The first-order valence-corrected chi connectivity index (χ1v) is 13.2. The molecule has 2 aromatic carbocycles. The predicted molar refractivity (Wildman–Crippen MR) is 146 cm³/mol. The van der Waals surface area contributed by atoms with Crippen LogP contribution in [0.5, 0.6) is 5.88 Å². The van der Waals surface area contributed by atoms with Crippen molar-refractivity contribution in [3.8, 4) is 17.1 Å². The lowest BCUT2D eigenvalue weighted by molar-refractivity contribution is -0.142.